The van der Waals surface area contributed by atoms with Crippen molar-refractivity contribution in [2.24, 2.45) is 23.1 Å². The Hall–Kier alpha value is -8.33. The Bertz CT molecular complexity index is 2700. The molecule has 3 aliphatic rings. The van der Waals surface area contributed by atoms with Gasteiger partial charge in [0, 0.05) is 51.6 Å². The number of aliphatic hydroxyl groups is 3. The summed E-state index contributed by atoms with van der Waals surface area (Å²) in [6.07, 6.45) is -8.95. The zero-order valence-corrected chi connectivity index (χ0v) is 50.0. The lowest BCUT2D eigenvalue weighted by Crippen LogP contribution is -2.62. The first kappa shape index (κ1) is 72.1. The highest BCUT2D eigenvalue weighted by Crippen LogP contribution is 2.24. The molecule has 1 aromatic rings. The summed E-state index contributed by atoms with van der Waals surface area (Å²) in [7, 11) is 1.27. The van der Waals surface area contributed by atoms with E-state index >= 15 is 0 Å². The number of ether oxygens (including phenoxy) is 1. The zero-order valence-electron chi connectivity index (χ0n) is 50.0. The molecule has 19 N–H and O–H groups in total. The second kappa shape index (κ2) is 34.3. The van der Waals surface area contributed by atoms with Gasteiger partial charge in [0.15, 0.2) is 0 Å². The van der Waals surface area contributed by atoms with E-state index in [0.29, 0.717) is 12.0 Å². The topological polar surface area (TPSA) is 505 Å². The third kappa shape index (κ3) is 21.2. The number of amides is 12. The van der Waals surface area contributed by atoms with Crippen molar-refractivity contribution < 1.29 is 87.5 Å². The minimum Gasteiger partial charge on any atom is -0.481 e. The number of unbranched alkanes of at least 4 members (excludes halogenated alkanes) is 1. The number of nitrogens with one attached hydrogen (secondary N) is 9. The largest absolute Gasteiger partial charge is 0.481 e. The lowest BCUT2D eigenvalue weighted by molar-refractivity contribution is -0.144. The summed E-state index contributed by atoms with van der Waals surface area (Å²) < 4.78 is 5.52. The number of benzene rings is 1. The van der Waals surface area contributed by atoms with Gasteiger partial charge in [-0.2, -0.15) is 0 Å². The van der Waals surface area contributed by atoms with Gasteiger partial charge in [-0.25, -0.2) is 0 Å². The van der Waals surface area contributed by atoms with Gasteiger partial charge in [0.1, 0.15) is 54.4 Å². The fourth-order valence-electron chi connectivity index (χ4n) is 10.3. The first-order valence-electron chi connectivity index (χ1n) is 29.0. The molecule has 15 unspecified atom stereocenters. The van der Waals surface area contributed by atoms with Crippen LogP contribution in [0, 0.1) is 5.92 Å². The molecule has 0 aromatic heterocycles. The molecule has 32 heteroatoms. The number of nitrogens with two attached hydrogens (primary N) is 3. The molecule has 0 spiro atoms. The lowest BCUT2D eigenvalue weighted by atomic mass is 9.97. The summed E-state index contributed by atoms with van der Waals surface area (Å²) in [4.78, 5) is 182. The van der Waals surface area contributed by atoms with Crippen LogP contribution in [0.2, 0.25) is 0 Å². The number of fused-ring (bicyclic) bond motifs is 2. The second-order valence-electron chi connectivity index (χ2n) is 22.3. The predicted molar refractivity (Wildman–Crippen MR) is 310 cm³/mol. The molecule has 0 aliphatic carbocycles. The van der Waals surface area contributed by atoms with Crippen LogP contribution in [0.3, 0.4) is 0 Å². The molecule has 3 heterocycles. The maximum atomic E-state index is 14.6. The van der Waals surface area contributed by atoms with Gasteiger partial charge in [-0.1, -0.05) is 57.2 Å². The second-order valence-corrected chi connectivity index (χ2v) is 22.3. The number of aliphatic hydroxyl groups excluding tert-OH is 3. The van der Waals surface area contributed by atoms with Crippen LogP contribution in [0.5, 0.6) is 0 Å². The smallest absolute Gasteiger partial charge is 0.303 e. The van der Waals surface area contributed by atoms with Gasteiger partial charge in [-0.15, -0.1) is 0 Å². The van der Waals surface area contributed by atoms with Crippen molar-refractivity contribution in [3.05, 3.63) is 48.2 Å². The van der Waals surface area contributed by atoms with E-state index in [1.807, 2.05) is 0 Å². The Kier molecular flexibility index (Phi) is 28.1. The van der Waals surface area contributed by atoms with Gasteiger partial charge in [0.25, 0.3) is 0 Å². The third-order valence-corrected chi connectivity index (χ3v) is 15.4. The molecule has 88 heavy (non-hydrogen) atoms. The summed E-state index contributed by atoms with van der Waals surface area (Å²) in [6.45, 7) is 8.16. The Balaban J connectivity index is 1.85. The first-order chi connectivity index (χ1) is 41.5. The van der Waals surface area contributed by atoms with Gasteiger partial charge in [-0.3, -0.25) is 62.3 Å². The van der Waals surface area contributed by atoms with E-state index in [0.717, 1.165) is 16.7 Å². The van der Waals surface area contributed by atoms with Gasteiger partial charge >= 0.3 is 5.97 Å². The highest BCUT2D eigenvalue weighted by atomic mass is 16.5. The number of hydrogen-bond donors (Lipinski definition) is 16. The number of aliphatic carboxylic acids is 1. The molecule has 0 radical (unpaired) electrons. The van der Waals surface area contributed by atoms with Gasteiger partial charge in [0.2, 0.25) is 70.9 Å². The molecule has 32 nitrogen and oxygen atoms in total. The van der Waals surface area contributed by atoms with Crippen molar-refractivity contribution in [2.75, 3.05) is 33.3 Å². The van der Waals surface area contributed by atoms with E-state index in [1.54, 1.807) is 44.2 Å². The molecule has 1 aromatic carbocycles. The Labute approximate surface area is 508 Å². The lowest BCUT2D eigenvalue weighted by Gasteiger charge is -2.34. The highest BCUT2D eigenvalue weighted by molar-refractivity contribution is 6.00. The van der Waals surface area contributed by atoms with Crippen LogP contribution >= 0.6 is 0 Å². The summed E-state index contributed by atoms with van der Waals surface area (Å²) in [5.74, 6) is -14.6. The Morgan fingerprint density at radius 3 is 1.84 bits per heavy atom. The SMILES string of the molecule is C=C1NC(CC(N)=O)C(=O)N2CC(O)CC2C(=O)NCC(=O)NC(CC(=O)NC(Cc2ccccc2)C(=O)NC(C(N)=O)C(C)CC)C(=O)NC(CCC(=O)O)C(=O)NC(CCCCN)C(=O)NC(C(C)O)C(=O)N2CC(O)CC2C(=O)NC1C(C)OC. The Morgan fingerprint density at radius 2 is 1.28 bits per heavy atom. The number of carbonyl (C=O) groups excluding carboxylic acids is 12. The molecule has 488 valence electrons. The molecule has 3 fully saturated rings. The van der Waals surface area contributed by atoms with Crippen molar-refractivity contribution in [1.29, 1.82) is 0 Å². The van der Waals surface area contributed by atoms with Crippen molar-refractivity contribution in [3.63, 3.8) is 0 Å². The molecular formula is C56H86N14O18. The average molecular weight is 1240 g/mol. The van der Waals surface area contributed by atoms with E-state index < -0.39 is 219 Å². The van der Waals surface area contributed by atoms with E-state index in [2.05, 4.69) is 54.4 Å². The monoisotopic (exact) mass is 1240 g/mol. The zero-order chi connectivity index (χ0) is 65.7. The highest BCUT2D eigenvalue weighted by Gasteiger charge is 2.46. The van der Waals surface area contributed by atoms with Gasteiger partial charge in [0.05, 0.1) is 49.8 Å². The van der Waals surface area contributed by atoms with E-state index in [4.69, 9.17) is 21.9 Å². The minimum absolute atomic E-state index is 0.116. The molecule has 15 atom stereocenters. The maximum absolute atomic E-state index is 14.6. The van der Waals surface area contributed by atoms with Crippen molar-refractivity contribution in [2.45, 2.75) is 183 Å². The van der Waals surface area contributed by atoms with Gasteiger partial charge in [-0.05, 0) is 57.6 Å². The molecule has 0 bridgehead atoms. The van der Waals surface area contributed by atoms with Crippen molar-refractivity contribution >= 4 is 76.9 Å². The van der Waals surface area contributed by atoms with Crippen LogP contribution in [0.15, 0.2) is 42.6 Å². The molecule has 3 saturated heterocycles. The van der Waals surface area contributed by atoms with E-state index in [-0.39, 0.29) is 44.3 Å². The molecule has 12 amide bonds. The minimum atomic E-state index is -2.04. The summed E-state index contributed by atoms with van der Waals surface area (Å²) in [6, 6.07) is -7.76. The van der Waals surface area contributed by atoms with Crippen LogP contribution in [0.4, 0.5) is 0 Å². The number of rotatable bonds is 22. The Morgan fingerprint density at radius 1 is 0.716 bits per heavy atom. The fourth-order valence-corrected chi connectivity index (χ4v) is 10.3. The number of methoxy groups -OCH3 is 1. The van der Waals surface area contributed by atoms with E-state index in [9.17, 15) is 82.8 Å². The number of primary amides is 2. The van der Waals surface area contributed by atoms with Crippen LogP contribution < -0.4 is 65.1 Å². The van der Waals surface area contributed by atoms with Crippen LogP contribution in [-0.4, -0.2) is 225 Å². The van der Waals surface area contributed by atoms with Gasteiger partial charge < -0.3 is 100 Å². The van der Waals surface area contributed by atoms with E-state index in [1.165, 1.54) is 14.0 Å². The number of carboxylic acids is 1. The molecule has 0 saturated carbocycles. The first-order valence-corrected chi connectivity index (χ1v) is 29.0. The number of carboxylic acid groups (broad SMARTS) is 1. The molecule has 4 rings (SSSR count). The quantitative estimate of drug-likeness (QED) is 0.0480. The molecular weight excluding hydrogens is 1160 g/mol. The maximum Gasteiger partial charge on any atom is 0.303 e. The molecule has 3 aliphatic heterocycles. The summed E-state index contributed by atoms with van der Waals surface area (Å²) in [5, 5.41) is 64.9. The summed E-state index contributed by atoms with van der Waals surface area (Å²) in [5.41, 5.74) is 17.3. The van der Waals surface area contributed by atoms with Crippen LogP contribution in [-0.2, 0) is 73.5 Å². The van der Waals surface area contributed by atoms with Crippen molar-refractivity contribution in [1.82, 2.24) is 57.7 Å². The average Bonchev–Trinajstić information content (AvgIpc) is 3.40. The predicted octanol–water partition coefficient (Wildman–Crippen LogP) is -6.65. The van der Waals surface area contributed by atoms with Crippen LogP contribution in [0.1, 0.15) is 97.5 Å². The fraction of sp³-hybridized carbons (Fsp3) is 0.625. The van der Waals surface area contributed by atoms with Crippen LogP contribution in [0.25, 0.3) is 0 Å². The number of carbonyl (C=O) groups is 13. The van der Waals surface area contributed by atoms with Crippen molar-refractivity contribution in [3.8, 4) is 0 Å². The normalized spacial score (nSPS) is 26.5. The third-order valence-electron chi connectivity index (χ3n) is 15.4. The standard InChI is InChI=1S/C56H86N14O18/c1-7-27(2)45(48(59)79)66-52(83)36(19-31-13-9-8-10-14-31)62-42(75)23-37-51(82)65-35(16-17-44(77)78)49(80)64-34(15-11-12-18-57)50(81)68-47(29(4)71)56(87)70-26-33(73)21-40(70)54(85)67-46(30(5)88-6)28(3)61-38(22-41(58)74)55(86)69-25-32(72)20-39(69)53(84)60-24-43(76)63-37/h8-10,13-14,27,29-30,32-40,45-47,61,71-73H,3,7,11-12,15-26,57H2,1-2,4-6H3,(H2,58,74)(H2,59,79)(H,60,84)(H,62,75)(H,63,76)(H,64,80)(H,65,82)(H,66,83)(H,67,85)(H,68,81)(H,77,78). The summed E-state index contributed by atoms with van der Waals surface area (Å²) >= 11 is 0. The number of hydrogen-bond acceptors (Lipinski definition) is 19. The number of nitrogens with zero attached hydrogens (tertiary/aromatic N) is 2.